The summed E-state index contributed by atoms with van der Waals surface area (Å²) in [6.45, 7) is 30.6. The van der Waals surface area contributed by atoms with Crippen molar-refractivity contribution < 1.29 is 4.65 Å². The Kier molecular flexibility index (Phi) is 8.05. The summed E-state index contributed by atoms with van der Waals surface area (Å²) in [4.78, 5) is 8.81. The fraction of sp³-hybridized carbons (Fsp3) is 0.824. The number of hydrogen-bond acceptors (Lipinski definition) is 4. The third kappa shape index (κ3) is 5.53. The van der Waals surface area contributed by atoms with Gasteiger partial charge in [-0.2, -0.15) is 0 Å². The van der Waals surface area contributed by atoms with Crippen molar-refractivity contribution in [1.82, 2.24) is 14.4 Å². The van der Waals surface area contributed by atoms with Gasteiger partial charge in [0.25, 0.3) is 0 Å². The molecule has 4 aliphatic rings. The summed E-state index contributed by atoms with van der Waals surface area (Å²) in [6, 6.07) is 11.3. The minimum Gasteiger partial charge on any atom is -0.426 e. The lowest BCUT2D eigenvalue weighted by Gasteiger charge is -2.62. The van der Waals surface area contributed by atoms with Crippen molar-refractivity contribution in [2.45, 2.75) is 180 Å². The van der Waals surface area contributed by atoms with Gasteiger partial charge in [0.15, 0.2) is 0 Å². The highest BCUT2D eigenvalue weighted by atomic mass is 16.5. The van der Waals surface area contributed by atoms with Crippen LogP contribution in [0.5, 0.6) is 0 Å². The number of nitrogens with zero attached hydrogens (tertiary/aromatic N) is 3. The van der Waals surface area contributed by atoms with Crippen molar-refractivity contribution in [1.29, 1.82) is 0 Å². The molecule has 0 radical (unpaired) electrons. The Labute approximate surface area is 255 Å². The first-order chi connectivity index (χ1) is 18.8. The molecule has 5 rings (SSSR count). The first kappa shape index (κ1) is 31.7. The van der Waals surface area contributed by atoms with Crippen molar-refractivity contribution in [3.63, 3.8) is 0 Å². The lowest BCUT2D eigenvalue weighted by Crippen LogP contribution is -2.81. The minimum atomic E-state index is 0.0145. The molecule has 0 spiro atoms. The highest BCUT2D eigenvalue weighted by Crippen LogP contribution is 2.51. The molecule has 1 aromatic rings. The maximum atomic E-state index is 7.71. The molecule has 1 atom stereocenters. The second-order valence-electron chi connectivity index (χ2n) is 17.9. The van der Waals surface area contributed by atoms with E-state index in [4.69, 9.17) is 4.65 Å². The van der Waals surface area contributed by atoms with E-state index >= 15 is 0 Å². The van der Waals surface area contributed by atoms with Crippen molar-refractivity contribution in [2.75, 3.05) is 0 Å². The van der Waals surface area contributed by atoms with E-state index in [0.717, 1.165) is 0 Å². The Morgan fingerprint density at radius 2 is 0.902 bits per heavy atom. The van der Waals surface area contributed by atoms with E-state index in [1.165, 1.54) is 63.4 Å². The van der Waals surface area contributed by atoms with Gasteiger partial charge < -0.3 is 19.1 Å². The molecule has 4 aliphatic heterocycles. The van der Waals surface area contributed by atoms with Crippen molar-refractivity contribution >= 4 is 20.3 Å². The van der Waals surface area contributed by atoms with E-state index in [1.807, 2.05) is 0 Å². The maximum Gasteiger partial charge on any atom is 0.351 e. The zero-order valence-electron chi connectivity index (χ0n) is 28.8. The maximum absolute atomic E-state index is 7.71. The molecule has 4 nitrogen and oxygen atoms in total. The molecule has 0 bridgehead atoms. The molecule has 1 unspecified atom stereocenters. The van der Waals surface area contributed by atoms with Gasteiger partial charge in [0.2, 0.25) is 13.4 Å². The summed E-state index contributed by atoms with van der Waals surface area (Å²) in [5.41, 5.74) is 1.83. The zero-order chi connectivity index (χ0) is 30.2. The standard InChI is InChI=1S/C34H60B3N3O/c1-29(2)21-16-22-30(3,4)38(29)35-28(27-19-14-13-15-20-27)41-37(40-33(9,10)25-18-26-34(40,11)12)36(35)39-31(5,6)23-17-24-32(39,7)8/h13-15,19-20,28H,16-18,21-26H2,1-12H3. The molecule has 4 heterocycles. The van der Waals surface area contributed by atoms with Crippen LogP contribution in [0, 0.1) is 0 Å². The molecule has 226 valence electrons. The Balaban J connectivity index is 1.79. The monoisotopic (exact) mass is 560 g/mol. The van der Waals surface area contributed by atoms with Gasteiger partial charge in [-0.15, -0.1) is 0 Å². The van der Waals surface area contributed by atoms with Crippen LogP contribution in [0.4, 0.5) is 0 Å². The van der Waals surface area contributed by atoms with Crippen molar-refractivity contribution in [3.8, 4) is 0 Å². The van der Waals surface area contributed by atoms with E-state index in [-0.39, 0.29) is 59.5 Å². The van der Waals surface area contributed by atoms with Gasteiger partial charge in [-0.3, -0.25) is 0 Å². The summed E-state index contributed by atoms with van der Waals surface area (Å²) in [7, 11) is 0. The quantitative estimate of drug-likeness (QED) is 0.348. The fourth-order valence-electron chi connectivity index (χ4n) is 10.7. The van der Waals surface area contributed by atoms with Crippen LogP contribution in [0.3, 0.4) is 0 Å². The van der Waals surface area contributed by atoms with Crippen molar-refractivity contribution in [2.24, 2.45) is 0 Å². The van der Waals surface area contributed by atoms with E-state index in [1.54, 1.807) is 0 Å². The Hall–Kier alpha value is -0.745. The number of benzene rings is 1. The van der Waals surface area contributed by atoms with Gasteiger partial charge in [0.05, 0.1) is 6.00 Å². The van der Waals surface area contributed by atoms with Gasteiger partial charge in [-0.25, -0.2) is 0 Å². The van der Waals surface area contributed by atoms with Crippen LogP contribution in [-0.4, -0.2) is 68.0 Å². The number of piperidine rings is 3. The van der Waals surface area contributed by atoms with Crippen LogP contribution in [0.25, 0.3) is 0 Å². The second kappa shape index (κ2) is 10.4. The van der Waals surface area contributed by atoms with Crippen molar-refractivity contribution in [3.05, 3.63) is 35.9 Å². The molecule has 0 aromatic heterocycles. The summed E-state index contributed by atoms with van der Waals surface area (Å²) in [6.07, 6.45) is 11.3. The predicted octanol–water partition coefficient (Wildman–Crippen LogP) is 8.05. The van der Waals surface area contributed by atoms with Gasteiger partial charge in [0.1, 0.15) is 0 Å². The first-order valence-corrected chi connectivity index (χ1v) is 16.9. The Morgan fingerprint density at radius 1 is 0.537 bits per heavy atom. The lowest BCUT2D eigenvalue weighted by atomic mass is 9.02. The van der Waals surface area contributed by atoms with Crippen LogP contribution in [0.2, 0.25) is 0 Å². The molecule has 1 aromatic carbocycles. The van der Waals surface area contributed by atoms with E-state index in [2.05, 4.69) is 128 Å². The first-order valence-electron chi connectivity index (χ1n) is 16.9. The molecule has 0 amide bonds. The van der Waals surface area contributed by atoms with E-state index in [9.17, 15) is 0 Å². The SMILES string of the molecule is CC1(C)CCCC(C)(C)N1B1OC(c2ccccc2)B(N2C(C)(C)CCCC2(C)C)B1N1C(C)(C)CCCC1(C)C. The fourth-order valence-corrected chi connectivity index (χ4v) is 10.7. The number of rotatable bonds is 4. The lowest BCUT2D eigenvalue weighted by molar-refractivity contribution is 0.0249. The largest absolute Gasteiger partial charge is 0.426 e. The van der Waals surface area contributed by atoms with Gasteiger partial charge in [-0.1, -0.05) is 30.3 Å². The highest BCUT2D eigenvalue weighted by Gasteiger charge is 2.69. The summed E-state index contributed by atoms with van der Waals surface area (Å²) in [5, 5.41) is 0. The van der Waals surface area contributed by atoms with Crippen LogP contribution in [-0.2, 0) is 4.65 Å². The van der Waals surface area contributed by atoms with Crippen LogP contribution >= 0.6 is 0 Å². The molecule has 41 heavy (non-hydrogen) atoms. The Morgan fingerprint density at radius 3 is 1.32 bits per heavy atom. The van der Waals surface area contributed by atoms with Gasteiger partial charge >= 0.3 is 6.94 Å². The molecular weight excluding hydrogens is 499 g/mol. The topological polar surface area (TPSA) is 19.0 Å². The van der Waals surface area contributed by atoms with E-state index < -0.39 is 0 Å². The average molecular weight is 559 g/mol. The molecule has 0 saturated carbocycles. The summed E-state index contributed by atoms with van der Waals surface area (Å²) in [5.74, 6) is 0. The highest BCUT2D eigenvalue weighted by molar-refractivity contribution is 7.48. The van der Waals surface area contributed by atoms with Gasteiger partial charge in [-0.05, 0) is 146 Å². The van der Waals surface area contributed by atoms with Crippen LogP contribution in [0.1, 0.15) is 152 Å². The summed E-state index contributed by atoms with van der Waals surface area (Å²) >= 11 is 0. The molecule has 4 fully saturated rings. The predicted molar refractivity (Wildman–Crippen MR) is 179 cm³/mol. The molecule has 0 N–H and O–H groups in total. The van der Waals surface area contributed by atoms with E-state index in [0.29, 0.717) is 0 Å². The smallest absolute Gasteiger partial charge is 0.351 e. The van der Waals surface area contributed by atoms with Gasteiger partial charge in [0, 0.05) is 33.2 Å². The zero-order valence-corrected chi connectivity index (χ0v) is 28.8. The van der Waals surface area contributed by atoms with Crippen LogP contribution < -0.4 is 0 Å². The molecule has 0 aliphatic carbocycles. The molecular formula is C34H60B3N3O. The average Bonchev–Trinajstić information content (AvgIpc) is 3.14. The Bertz CT molecular complexity index is 1040. The molecule has 4 saturated heterocycles. The second-order valence-corrected chi connectivity index (χ2v) is 17.9. The number of hydrogen-bond donors (Lipinski definition) is 0. The summed E-state index contributed by atoms with van der Waals surface area (Å²) < 4.78 is 7.71. The minimum absolute atomic E-state index is 0.0145. The normalized spacial score (nSPS) is 31.4. The van der Waals surface area contributed by atoms with Crippen LogP contribution in [0.15, 0.2) is 30.3 Å². The third-order valence-electron chi connectivity index (χ3n) is 11.9. The third-order valence-corrected chi connectivity index (χ3v) is 11.9. The molecule has 7 heteroatoms.